The summed E-state index contributed by atoms with van der Waals surface area (Å²) in [6, 6.07) is 3.81. The zero-order valence-electron chi connectivity index (χ0n) is 14.7. The molecule has 1 N–H and O–H groups in total. The van der Waals surface area contributed by atoms with E-state index in [1.54, 1.807) is 0 Å². The van der Waals surface area contributed by atoms with E-state index in [-0.39, 0.29) is 24.1 Å². The number of sulfonamides is 1. The first-order valence-electron chi connectivity index (χ1n) is 8.77. The van der Waals surface area contributed by atoms with Gasteiger partial charge in [-0.2, -0.15) is 0 Å². The fraction of sp³-hybridized carbons (Fsp3) is 0.529. The normalized spacial score (nSPS) is 18.9. The van der Waals surface area contributed by atoms with E-state index in [1.807, 2.05) is 35.9 Å². The van der Waals surface area contributed by atoms with Crippen molar-refractivity contribution in [3.63, 3.8) is 0 Å². The Hall–Kier alpha value is -1.45. The van der Waals surface area contributed by atoms with Gasteiger partial charge in [0.25, 0.3) is 0 Å². The number of rotatable bonds is 6. The molecule has 1 aliphatic heterocycles. The van der Waals surface area contributed by atoms with Gasteiger partial charge >= 0.3 is 0 Å². The number of piperidine rings is 1. The molecule has 3 rings (SSSR count). The Balaban J connectivity index is 1.60. The average molecular weight is 443 g/mol. The van der Waals surface area contributed by atoms with Gasteiger partial charge in [-0.05, 0) is 47.3 Å². The van der Waals surface area contributed by atoms with Crippen LogP contribution in [-0.4, -0.2) is 46.9 Å². The predicted molar refractivity (Wildman–Crippen MR) is 103 cm³/mol. The van der Waals surface area contributed by atoms with Crippen LogP contribution in [0.5, 0.6) is 0 Å². The summed E-state index contributed by atoms with van der Waals surface area (Å²) < 4.78 is 28.8. The van der Waals surface area contributed by atoms with E-state index in [1.165, 1.54) is 4.31 Å². The van der Waals surface area contributed by atoms with Crippen LogP contribution in [0.25, 0.3) is 5.65 Å². The number of fused-ring (bicyclic) bond motifs is 1. The lowest BCUT2D eigenvalue weighted by atomic mass is 9.99. The molecule has 1 fully saturated rings. The Labute approximate surface area is 162 Å². The largest absolute Gasteiger partial charge is 0.350 e. The third-order valence-corrected chi connectivity index (χ3v) is 7.03. The van der Waals surface area contributed by atoms with Gasteiger partial charge in [-0.25, -0.2) is 17.7 Å². The van der Waals surface area contributed by atoms with Gasteiger partial charge in [0.15, 0.2) is 0 Å². The zero-order chi connectivity index (χ0) is 18.7. The van der Waals surface area contributed by atoms with Gasteiger partial charge < -0.3 is 9.72 Å². The molecular formula is C17H23BrN4O3S. The summed E-state index contributed by atoms with van der Waals surface area (Å²) in [5.41, 5.74) is 1.58. The van der Waals surface area contributed by atoms with Crippen molar-refractivity contribution >= 4 is 37.5 Å². The first-order chi connectivity index (χ1) is 12.4. The van der Waals surface area contributed by atoms with Crippen molar-refractivity contribution in [2.45, 2.75) is 32.7 Å². The number of pyridine rings is 1. The number of carbonyl (C=O) groups is 1. The molecule has 0 spiro atoms. The highest BCUT2D eigenvalue weighted by Crippen LogP contribution is 2.20. The van der Waals surface area contributed by atoms with Crippen LogP contribution in [0.4, 0.5) is 0 Å². The Morgan fingerprint density at radius 1 is 1.38 bits per heavy atom. The third kappa shape index (κ3) is 4.44. The molecule has 0 radical (unpaired) electrons. The van der Waals surface area contributed by atoms with Gasteiger partial charge in [-0.3, -0.25) is 4.79 Å². The summed E-state index contributed by atoms with van der Waals surface area (Å²) in [4.78, 5) is 17.0. The maximum Gasteiger partial charge on any atom is 0.224 e. The number of nitrogens with zero attached hydrogens (tertiary/aromatic N) is 3. The van der Waals surface area contributed by atoms with Crippen LogP contribution in [0.1, 0.15) is 31.9 Å². The molecule has 2 aromatic rings. The van der Waals surface area contributed by atoms with Crippen molar-refractivity contribution in [3.05, 3.63) is 34.7 Å². The van der Waals surface area contributed by atoms with Crippen molar-refractivity contribution in [3.8, 4) is 0 Å². The van der Waals surface area contributed by atoms with E-state index in [4.69, 9.17) is 0 Å². The van der Waals surface area contributed by atoms with Gasteiger partial charge in [0.1, 0.15) is 5.65 Å². The first-order valence-corrected chi connectivity index (χ1v) is 11.2. The van der Waals surface area contributed by atoms with Gasteiger partial charge in [0.2, 0.25) is 15.9 Å². The molecule has 0 saturated carbocycles. The predicted octanol–water partition coefficient (Wildman–Crippen LogP) is 2.16. The van der Waals surface area contributed by atoms with E-state index >= 15 is 0 Å². The highest BCUT2D eigenvalue weighted by atomic mass is 79.9. The lowest BCUT2D eigenvalue weighted by Gasteiger charge is -2.31. The number of halogens is 1. The van der Waals surface area contributed by atoms with Gasteiger partial charge in [-0.15, -0.1) is 0 Å². The minimum Gasteiger partial charge on any atom is -0.350 e. The van der Waals surface area contributed by atoms with E-state index in [9.17, 15) is 13.2 Å². The smallest absolute Gasteiger partial charge is 0.224 e. The molecule has 3 heterocycles. The number of carbonyl (C=O) groups excluding carboxylic acids is 1. The minimum absolute atomic E-state index is 0.111. The van der Waals surface area contributed by atoms with Crippen LogP contribution in [-0.2, 0) is 21.4 Å². The van der Waals surface area contributed by atoms with E-state index in [2.05, 4.69) is 26.2 Å². The molecule has 1 unspecified atom stereocenters. The van der Waals surface area contributed by atoms with Crippen LogP contribution in [0.2, 0.25) is 0 Å². The number of hydrogen-bond donors (Lipinski definition) is 1. The van der Waals surface area contributed by atoms with Crippen LogP contribution in [0.15, 0.2) is 29.0 Å². The van der Waals surface area contributed by atoms with Crippen LogP contribution in [0, 0.1) is 5.92 Å². The van der Waals surface area contributed by atoms with Gasteiger partial charge in [0.05, 0.1) is 23.9 Å². The monoisotopic (exact) mass is 442 g/mol. The molecule has 26 heavy (non-hydrogen) atoms. The Bertz CT molecular complexity index is 897. The molecule has 142 valence electrons. The van der Waals surface area contributed by atoms with E-state index < -0.39 is 10.0 Å². The molecule has 1 atom stereocenters. The third-order valence-electron chi connectivity index (χ3n) is 4.52. The second-order valence-corrected chi connectivity index (χ2v) is 9.58. The zero-order valence-corrected chi connectivity index (χ0v) is 17.1. The molecular weight excluding hydrogens is 420 g/mol. The van der Waals surface area contributed by atoms with Crippen molar-refractivity contribution in [2.24, 2.45) is 5.92 Å². The van der Waals surface area contributed by atoms with Crippen LogP contribution >= 0.6 is 15.9 Å². The number of imidazole rings is 1. The van der Waals surface area contributed by atoms with Gasteiger partial charge in [-0.1, -0.05) is 6.92 Å². The van der Waals surface area contributed by atoms with Crippen LogP contribution in [0.3, 0.4) is 0 Å². The second-order valence-electron chi connectivity index (χ2n) is 6.58. The molecule has 1 amide bonds. The SMILES string of the molecule is CCCS(=O)(=O)N1CCCC(C(=O)NCc2cn3cc(Br)ccc3n2)C1. The van der Waals surface area contributed by atoms with Crippen LogP contribution < -0.4 is 5.32 Å². The number of hydrogen-bond acceptors (Lipinski definition) is 4. The molecule has 0 aromatic carbocycles. The quantitative estimate of drug-likeness (QED) is 0.742. The summed E-state index contributed by atoms with van der Waals surface area (Å²) in [5.74, 6) is -0.279. The van der Waals surface area contributed by atoms with Crippen molar-refractivity contribution in [2.75, 3.05) is 18.8 Å². The standard InChI is InChI=1S/C17H23BrN4O3S/c1-2-8-26(24,25)22-7-3-4-13(10-22)17(23)19-9-15-12-21-11-14(18)5-6-16(21)20-15/h5-6,11-13H,2-4,7-10H2,1H3,(H,19,23). The van der Waals surface area contributed by atoms with Crippen molar-refractivity contribution in [1.29, 1.82) is 0 Å². The van der Waals surface area contributed by atoms with Crippen molar-refractivity contribution < 1.29 is 13.2 Å². The number of amides is 1. The topological polar surface area (TPSA) is 83.8 Å². The molecule has 7 nitrogen and oxygen atoms in total. The molecule has 2 aromatic heterocycles. The van der Waals surface area contributed by atoms with Gasteiger partial charge in [0, 0.05) is 30.0 Å². The number of nitrogens with one attached hydrogen (secondary N) is 1. The van der Waals surface area contributed by atoms with E-state index in [0.29, 0.717) is 32.4 Å². The maximum absolute atomic E-state index is 12.5. The minimum atomic E-state index is -3.26. The molecule has 1 aliphatic rings. The number of aromatic nitrogens is 2. The second kappa shape index (κ2) is 8.06. The summed E-state index contributed by atoms with van der Waals surface area (Å²) >= 11 is 3.42. The summed E-state index contributed by atoms with van der Waals surface area (Å²) in [6.45, 7) is 2.95. The molecule has 1 saturated heterocycles. The van der Waals surface area contributed by atoms with Crippen molar-refractivity contribution in [1.82, 2.24) is 19.0 Å². The summed E-state index contributed by atoms with van der Waals surface area (Å²) in [5, 5.41) is 2.90. The molecule has 0 aliphatic carbocycles. The fourth-order valence-electron chi connectivity index (χ4n) is 3.22. The molecule has 0 bridgehead atoms. The highest BCUT2D eigenvalue weighted by Gasteiger charge is 2.31. The summed E-state index contributed by atoms with van der Waals surface area (Å²) in [7, 11) is -3.26. The fourth-order valence-corrected chi connectivity index (χ4v) is 5.16. The highest BCUT2D eigenvalue weighted by molar-refractivity contribution is 9.10. The maximum atomic E-state index is 12.5. The Morgan fingerprint density at radius 3 is 2.96 bits per heavy atom. The first kappa shape index (κ1) is 19.3. The Morgan fingerprint density at radius 2 is 2.19 bits per heavy atom. The Kier molecular flexibility index (Phi) is 5.99. The summed E-state index contributed by atoms with van der Waals surface area (Å²) in [6.07, 6.45) is 5.79. The molecule has 9 heteroatoms. The average Bonchev–Trinajstić information content (AvgIpc) is 3.01. The van der Waals surface area contributed by atoms with E-state index in [0.717, 1.165) is 15.8 Å². The lowest BCUT2D eigenvalue weighted by Crippen LogP contribution is -2.45. The lowest BCUT2D eigenvalue weighted by molar-refractivity contribution is -0.126.